The van der Waals surface area contributed by atoms with E-state index in [4.69, 9.17) is 4.42 Å². The zero-order chi connectivity index (χ0) is 14.8. The van der Waals surface area contributed by atoms with Gasteiger partial charge in [0.25, 0.3) is 0 Å². The summed E-state index contributed by atoms with van der Waals surface area (Å²) >= 11 is 4.98. The molecule has 2 heterocycles. The van der Waals surface area contributed by atoms with Crippen molar-refractivity contribution in [3.8, 4) is 6.07 Å². The predicted octanol–water partition coefficient (Wildman–Crippen LogP) is 4.66. The lowest BCUT2D eigenvalue weighted by molar-refractivity contribution is 0.558. The number of hydrogen-bond donors (Lipinski definition) is 0. The molecule has 5 heteroatoms. The first-order valence-electron chi connectivity index (χ1n) is 6.08. The van der Waals surface area contributed by atoms with E-state index in [0.29, 0.717) is 11.1 Å². The van der Waals surface area contributed by atoms with E-state index in [0.717, 1.165) is 14.0 Å². The summed E-state index contributed by atoms with van der Waals surface area (Å²) in [4.78, 5) is 12.9. The van der Waals surface area contributed by atoms with Gasteiger partial charge in [-0.3, -0.25) is 0 Å². The average molecular weight is 358 g/mol. The molecule has 0 aliphatic carbocycles. The Balaban J connectivity index is 2.23. The van der Waals surface area contributed by atoms with E-state index in [1.807, 2.05) is 36.4 Å². The smallest absolute Gasteiger partial charge is 0.354 e. The van der Waals surface area contributed by atoms with Gasteiger partial charge in [0, 0.05) is 15.8 Å². The monoisotopic (exact) mass is 357 g/mol. The van der Waals surface area contributed by atoms with Crippen molar-refractivity contribution in [1.82, 2.24) is 0 Å². The molecule has 0 spiro atoms. The predicted molar refractivity (Wildman–Crippen MR) is 88.1 cm³/mol. The lowest BCUT2D eigenvalue weighted by atomic mass is 10.0. The molecule has 0 radical (unpaired) electrons. The molecule has 3 rings (SSSR count). The zero-order valence-electron chi connectivity index (χ0n) is 10.7. The van der Waals surface area contributed by atoms with Gasteiger partial charge < -0.3 is 4.42 Å². The largest absolute Gasteiger partial charge is 0.422 e. The fourth-order valence-corrected chi connectivity index (χ4v) is 3.36. The van der Waals surface area contributed by atoms with Gasteiger partial charge in [-0.05, 0) is 40.2 Å². The number of para-hydroxylation sites is 1. The van der Waals surface area contributed by atoms with Gasteiger partial charge in [0.1, 0.15) is 17.2 Å². The number of fused-ring (bicyclic) bond motifs is 1. The quantitative estimate of drug-likeness (QED) is 0.626. The van der Waals surface area contributed by atoms with Crippen LogP contribution >= 0.6 is 27.3 Å². The Labute approximate surface area is 132 Å². The van der Waals surface area contributed by atoms with E-state index in [9.17, 15) is 10.1 Å². The molecule has 1 aromatic carbocycles. The number of halogens is 1. The number of nitriles is 1. The zero-order valence-corrected chi connectivity index (χ0v) is 13.1. The molecule has 3 aromatic rings. The fraction of sp³-hybridized carbons (Fsp3) is 0. The van der Waals surface area contributed by atoms with Crippen molar-refractivity contribution >= 4 is 50.4 Å². The molecular formula is C16H8BrNO2S. The van der Waals surface area contributed by atoms with Crippen LogP contribution in [0.4, 0.5) is 0 Å². The van der Waals surface area contributed by atoms with Gasteiger partial charge in [-0.25, -0.2) is 4.79 Å². The molecule has 2 aromatic heterocycles. The molecule has 21 heavy (non-hydrogen) atoms. The van der Waals surface area contributed by atoms with E-state index in [-0.39, 0.29) is 5.56 Å². The van der Waals surface area contributed by atoms with Gasteiger partial charge in [0.15, 0.2) is 0 Å². The number of thiophene rings is 1. The van der Waals surface area contributed by atoms with E-state index in [1.54, 1.807) is 29.5 Å². The summed E-state index contributed by atoms with van der Waals surface area (Å²) in [6.07, 6.45) is 3.67. The number of hydrogen-bond acceptors (Lipinski definition) is 4. The number of benzene rings is 1. The van der Waals surface area contributed by atoms with Gasteiger partial charge in [-0.2, -0.15) is 5.26 Å². The van der Waals surface area contributed by atoms with Gasteiger partial charge in [-0.1, -0.05) is 24.3 Å². The third-order valence-electron chi connectivity index (χ3n) is 2.97. The molecule has 0 atom stereocenters. The Kier molecular flexibility index (Phi) is 3.74. The second kappa shape index (κ2) is 5.68. The molecule has 0 saturated heterocycles. The summed E-state index contributed by atoms with van der Waals surface area (Å²) in [5.41, 5.74) is 0.492. The molecule has 0 bridgehead atoms. The molecule has 0 aliphatic rings. The molecule has 0 amide bonds. The van der Waals surface area contributed by atoms with Crippen LogP contribution < -0.4 is 5.63 Å². The van der Waals surface area contributed by atoms with Crippen molar-refractivity contribution in [3.63, 3.8) is 0 Å². The Hall–Kier alpha value is -2.16. The second-order valence-corrected chi connectivity index (χ2v) is 6.76. The van der Waals surface area contributed by atoms with Crippen molar-refractivity contribution in [2.24, 2.45) is 0 Å². The van der Waals surface area contributed by atoms with Crippen LogP contribution in [0.25, 0.3) is 23.1 Å². The SMILES string of the molecule is N#Cc1c(/C=C/c2ccc(Br)s2)c2ccccc2oc1=O. The Morgan fingerprint density at radius 3 is 2.71 bits per heavy atom. The van der Waals surface area contributed by atoms with Crippen LogP contribution in [0, 0.1) is 11.3 Å². The van der Waals surface area contributed by atoms with Crippen LogP contribution in [-0.2, 0) is 0 Å². The summed E-state index contributed by atoms with van der Waals surface area (Å²) in [7, 11) is 0. The minimum absolute atomic E-state index is 0.0283. The normalized spacial score (nSPS) is 11.0. The van der Waals surface area contributed by atoms with Crippen LogP contribution in [0.5, 0.6) is 0 Å². The van der Waals surface area contributed by atoms with Gasteiger partial charge in [0.05, 0.1) is 3.79 Å². The highest BCUT2D eigenvalue weighted by Crippen LogP contribution is 2.26. The second-order valence-electron chi connectivity index (χ2n) is 4.26. The van der Waals surface area contributed by atoms with Crippen LogP contribution in [-0.4, -0.2) is 0 Å². The van der Waals surface area contributed by atoms with Crippen LogP contribution in [0.1, 0.15) is 16.0 Å². The van der Waals surface area contributed by atoms with Crippen LogP contribution in [0.2, 0.25) is 0 Å². The molecule has 0 fully saturated rings. The lowest BCUT2D eigenvalue weighted by Gasteiger charge is -2.02. The maximum atomic E-state index is 11.9. The number of rotatable bonds is 2. The molecule has 3 nitrogen and oxygen atoms in total. The first-order chi connectivity index (χ1) is 10.2. The van der Waals surface area contributed by atoms with Gasteiger partial charge in [-0.15, -0.1) is 11.3 Å². The first kappa shape index (κ1) is 13.8. The van der Waals surface area contributed by atoms with Crippen molar-refractivity contribution in [3.05, 3.63) is 66.6 Å². The van der Waals surface area contributed by atoms with E-state index < -0.39 is 5.63 Å². The molecule has 0 saturated carbocycles. The Bertz CT molecular complexity index is 947. The maximum absolute atomic E-state index is 11.9. The highest BCUT2D eigenvalue weighted by Gasteiger charge is 2.11. The van der Waals surface area contributed by atoms with Crippen molar-refractivity contribution in [2.45, 2.75) is 0 Å². The summed E-state index contributed by atoms with van der Waals surface area (Å²) < 4.78 is 6.19. The first-order valence-corrected chi connectivity index (χ1v) is 7.69. The summed E-state index contributed by atoms with van der Waals surface area (Å²) in [5.74, 6) is 0. The fourth-order valence-electron chi connectivity index (χ4n) is 2.04. The number of nitrogens with zero attached hydrogens (tertiary/aromatic N) is 1. The van der Waals surface area contributed by atoms with Crippen molar-refractivity contribution < 1.29 is 4.42 Å². The Morgan fingerprint density at radius 2 is 2.00 bits per heavy atom. The standard InChI is InChI=1S/C16H8BrNO2S/c17-15-8-6-10(21-15)5-7-11-12-3-1-2-4-14(12)20-16(19)13(11)9-18/h1-8H/b7-5+. The summed E-state index contributed by atoms with van der Waals surface area (Å²) in [6.45, 7) is 0. The average Bonchev–Trinajstić information content (AvgIpc) is 2.90. The van der Waals surface area contributed by atoms with Gasteiger partial charge >= 0.3 is 5.63 Å². The maximum Gasteiger partial charge on any atom is 0.354 e. The van der Waals surface area contributed by atoms with Crippen molar-refractivity contribution in [2.75, 3.05) is 0 Å². The lowest BCUT2D eigenvalue weighted by Crippen LogP contribution is -2.06. The van der Waals surface area contributed by atoms with E-state index in [2.05, 4.69) is 15.9 Å². The minimum atomic E-state index is -0.608. The van der Waals surface area contributed by atoms with Crippen molar-refractivity contribution in [1.29, 1.82) is 5.26 Å². The van der Waals surface area contributed by atoms with Crippen LogP contribution in [0.3, 0.4) is 0 Å². The third kappa shape index (κ3) is 2.68. The third-order valence-corrected chi connectivity index (χ3v) is 4.56. The Morgan fingerprint density at radius 1 is 1.19 bits per heavy atom. The highest BCUT2D eigenvalue weighted by atomic mass is 79.9. The molecule has 0 aliphatic heterocycles. The minimum Gasteiger partial charge on any atom is -0.422 e. The van der Waals surface area contributed by atoms with E-state index >= 15 is 0 Å². The molecule has 102 valence electrons. The van der Waals surface area contributed by atoms with E-state index in [1.165, 1.54) is 0 Å². The summed E-state index contributed by atoms with van der Waals surface area (Å²) in [5, 5.41) is 9.96. The van der Waals surface area contributed by atoms with Gasteiger partial charge in [0.2, 0.25) is 0 Å². The molecule has 0 unspecified atom stereocenters. The molecule has 0 N–H and O–H groups in total. The van der Waals surface area contributed by atoms with Crippen LogP contribution in [0.15, 0.2) is 49.4 Å². The molecular weight excluding hydrogens is 350 g/mol. The summed E-state index contributed by atoms with van der Waals surface area (Å²) in [6, 6.07) is 13.0. The topological polar surface area (TPSA) is 54.0 Å². The highest BCUT2D eigenvalue weighted by molar-refractivity contribution is 9.11.